The van der Waals surface area contributed by atoms with E-state index in [0.717, 1.165) is 10.9 Å². The molecule has 25 heavy (non-hydrogen) atoms. The van der Waals surface area contributed by atoms with Crippen molar-refractivity contribution in [3.8, 4) is 0 Å². The Bertz CT molecular complexity index is 800. The van der Waals surface area contributed by atoms with E-state index in [9.17, 15) is 14.0 Å². The number of nitrogens with one attached hydrogen (secondary N) is 1. The molecule has 2 aromatic carbocycles. The first-order valence-corrected chi connectivity index (χ1v) is 8.42. The van der Waals surface area contributed by atoms with Crippen LogP contribution < -0.4 is 5.32 Å². The van der Waals surface area contributed by atoms with Crippen molar-refractivity contribution >= 4 is 22.8 Å². The van der Waals surface area contributed by atoms with Gasteiger partial charge in [-0.2, -0.15) is 0 Å². The lowest BCUT2D eigenvalue weighted by Crippen LogP contribution is -2.46. The number of piperidine rings is 1. The van der Waals surface area contributed by atoms with E-state index in [-0.39, 0.29) is 23.8 Å². The molecule has 6 heteroatoms. The number of carbonyl (C=O) groups excluding carboxylic acids is 1. The maximum Gasteiger partial charge on any atom is 0.317 e. The van der Waals surface area contributed by atoms with E-state index >= 15 is 0 Å². The van der Waals surface area contributed by atoms with Gasteiger partial charge in [-0.25, -0.2) is 9.18 Å². The third kappa shape index (κ3) is 3.57. The highest BCUT2D eigenvalue weighted by Gasteiger charge is 2.27. The average Bonchev–Trinajstić information content (AvgIpc) is 2.62. The zero-order chi connectivity index (χ0) is 18.0. The number of halogens is 1. The van der Waals surface area contributed by atoms with E-state index in [4.69, 9.17) is 5.11 Å². The maximum atomic E-state index is 13.9. The van der Waals surface area contributed by atoms with Crippen molar-refractivity contribution in [2.45, 2.75) is 25.8 Å². The van der Waals surface area contributed by atoms with E-state index in [1.54, 1.807) is 23.1 Å². The Hall–Kier alpha value is -2.63. The third-order valence-corrected chi connectivity index (χ3v) is 4.84. The third-order valence-electron chi connectivity index (χ3n) is 4.84. The monoisotopic (exact) mass is 344 g/mol. The Morgan fingerprint density at radius 3 is 2.44 bits per heavy atom. The molecule has 3 rings (SSSR count). The molecule has 2 amide bonds. The number of nitrogens with zero attached hydrogens (tertiary/aromatic N) is 1. The van der Waals surface area contributed by atoms with Crippen LogP contribution in [0.3, 0.4) is 0 Å². The summed E-state index contributed by atoms with van der Waals surface area (Å²) in [5.74, 6) is -1.46. The van der Waals surface area contributed by atoms with Crippen molar-refractivity contribution in [3.05, 3.63) is 47.8 Å². The fraction of sp³-hybridized carbons (Fsp3) is 0.368. The maximum absolute atomic E-state index is 13.9. The van der Waals surface area contributed by atoms with Crippen molar-refractivity contribution in [3.63, 3.8) is 0 Å². The van der Waals surface area contributed by atoms with Gasteiger partial charge in [-0.3, -0.25) is 4.79 Å². The van der Waals surface area contributed by atoms with Gasteiger partial charge >= 0.3 is 12.0 Å². The highest BCUT2D eigenvalue weighted by atomic mass is 19.1. The number of carbonyl (C=O) groups is 2. The van der Waals surface area contributed by atoms with Crippen LogP contribution in [-0.2, 0) is 4.79 Å². The number of likely N-dealkylation sites (tertiary alicyclic amines) is 1. The number of carboxylic acid groups (broad SMARTS) is 1. The van der Waals surface area contributed by atoms with Crippen molar-refractivity contribution in [2.75, 3.05) is 13.1 Å². The summed E-state index contributed by atoms with van der Waals surface area (Å²) in [5, 5.41) is 13.3. The number of aliphatic carboxylic acids is 1. The van der Waals surface area contributed by atoms with Crippen LogP contribution in [0.25, 0.3) is 10.8 Å². The summed E-state index contributed by atoms with van der Waals surface area (Å²) in [7, 11) is 0. The summed E-state index contributed by atoms with van der Waals surface area (Å²) in [5.41, 5.74) is 0.853. The molecule has 0 aliphatic carbocycles. The van der Waals surface area contributed by atoms with Crippen LogP contribution in [0.4, 0.5) is 9.18 Å². The molecule has 0 spiro atoms. The molecule has 0 radical (unpaired) electrons. The molecule has 132 valence electrons. The summed E-state index contributed by atoms with van der Waals surface area (Å²) < 4.78 is 13.9. The largest absolute Gasteiger partial charge is 0.481 e. The fourth-order valence-corrected chi connectivity index (χ4v) is 3.35. The summed E-state index contributed by atoms with van der Waals surface area (Å²) in [4.78, 5) is 25.1. The van der Waals surface area contributed by atoms with Crippen LogP contribution in [0.5, 0.6) is 0 Å². The molecule has 0 bridgehead atoms. The first-order valence-electron chi connectivity index (χ1n) is 8.42. The topological polar surface area (TPSA) is 69.6 Å². The zero-order valence-electron chi connectivity index (χ0n) is 14.0. The minimum absolute atomic E-state index is 0.218. The number of benzene rings is 2. The van der Waals surface area contributed by atoms with E-state index in [1.807, 2.05) is 19.1 Å². The number of fused-ring (bicyclic) bond motifs is 1. The Morgan fingerprint density at radius 2 is 1.80 bits per heavy atom. The number of rotatable bonds is 3. The van der Waals surface area contributed by atoms with Gasteiger partial charge in [0.05, 0.1) is 12.0 Å². The number of urea groups is 1. The fourth-order valence-electron chi connectivity index (χ4n) is 3.35. The predicted molar refractivity (Wildman–Crippen MR) is 92.8 cm³/mol. The molecule has 1 heterocycles. The second-order valence-electron chi connectivity index (χ2n) is 6.45. The van der Waals surface area contributed by atoms with Gasteiger partial charge in [0, 0.05) is 18.5 Å². The van der Waals surface area contributed by atoms with Crippen molar-refractivity contribution in [1.82, 2.24) is 10.2 Å². The van der Waals surface area contributed by atoms with E-state index in [1.165, 1.54) is 6.07 Å². The molecule has 0 saturated carbocycles. The highest BCUT2D eigenvalue weighted by Crippen LogP contribution is 2.27. The molecule has 1 unspecified atom stereocenters. The second-order valence-corrected chi connectivity index (χ2v) is 6.45. The first kappa shape index (κ1) is 17.2. The molecule has 1 aliphatic rings. The molecular formula is C19H21FN2O3. The lowest BCUT2D eigenvalue weighted by atomic mass is 9.97. The lowest BCUT2D eigenvalue weighted by molar-refractivity contribution is -0.143. The van der Waals surface area contributed by atoms with E-state index in [0.29, 0.717) is 31.3 Å². The van der Waals surface area contributed by atoms with E-state index in [2.05, 4.69) is 5.32 Å². The zero-order valence-corrected chi connectivity index (χ0v) is 14.0. The minimum Gasteiger partial charge on any atom is -0.481 e. The molecule has 2 aromatic rings. The van der Waals surface area contributed by atoms with Crippen LogP contribution in [0.15, 0.2) is 36.4 Å². The molecular weight excluding hydrogens is 323 g/mol. The van der Waals surface area contributed by atoms with Gasteiger partial charge < -0.3 is 15.3 Å². The van der Waals surface area contributed by atoms with Crippen molar-refractivity contribution < 1.29 is 19.1 Å². The van der Waals surface area contributed by atoms with Crippen molar-refractivity contribution in [1.29, 1.82) is 0 Å². The van der Waals surface area contributed by atoms with Crippen LogP contribution in [0.1, 0.15) is 31.4 Å². The SMILES string of the molecule is CC(NC(=O)N1CCC(C(=O)O)CC1)c1ccc(F)c2ccccc12. The van der Waals surface area contributed by atoms with Gasteiger partial charge in [0.15, 0.2) is 0 Å². The molecule has 1 atom stereocenters. The van der Waals surface area contributed by atoms with E-state index < -0.39 is 5.97 Å². The molecule has 5 nitrogen and oxygen atoms in total. The van der Waals surface area contributed by atoms with Gasteiger partial charge in [0.2, 0.25) is 0 Å². The lowest BCUT2D eigenvalue weighted by Gasteiger charge is -2.31. The molecule has 1 aliphatic heterocycles. The first-order chi connectivity index (χ1) is 12.0. The standard InChI is InChI=1S/C19H21FN2O3/c1-12(14-6-7-17(20)16-5-3-2-4-15(14)16)21-19(25)22-10-8-13(9-11-22)18(23)24/h2-7,12-13H,8-11H2,1H3,(H,21,25)(H,23,24). The normalized spacial score (nSPS) is 16.6. The number of hydrogen-bond donors (Lipinski definition) is 2. The van der Waals surface area contributed by atoms with Gasteiger partial charge in [-0.05, 0) is 36.8 Å². The summed E-state index contributed by atoms with van der Waals surface area (Å²) in [6.45, 7) is 2.72. The quantitative estimate of drug-likeness (QED) is 0.895. The highest BCUT2D eigenvalue weighted by molar-refractivity contribution is 5.87. The van der Waals surface area contributed by atoms with Crippen LogP contribution in [-0.4, -0.2) is 35.1 Å². The summed E-state index contributed by atoms with van der Waals surface area (Å²) >= 11 is 0. The van der Waals surface area contributed by atoms with Gasteiger partial charge in [-0.15, -0.1) is 0 Å². The second kappa shape index (κ2) is 7.09. The Kier molecular flexibility index (Phi) is 4.88. The molecule has 0 aromatic heterocycles. The van der Waals surface area contributed by atoms with Gasteiger partial charge in [0.25, 0.3) is 0 Å². The molecule has 1 saturated heterocycles. The Labute approximate surface area is 145 Å². The number of amides is 2. The molecule has 1 fully saturated rings. The predicted octanol–water partition coefficient (Wildman–Crippen LogP) is 3.55. The van der Waals surface area contributed by atoms with Crippen LogP contribution in [0.2, 0.25) is 0 Å². The number of carboxylic acids is 1. The summed E-state index contributed by atoms with van der Waals surface area (Å²) in [6, 6.07) is 9.80. The average molecular weight is 344 g/mol. The Balaban J connectivity index is 1.71. The van der Waals surface area contributed by atoms with Gasteiger partial charge in [-0.1, -0.05) is 30.3 Å². The van der Waals surface area contributed by atoms with Crippen molar-refractivity contribution in [2.24, 2.45) is 5.92 Å². The minimum atomic E-state index is -0.800. The summed E-state index contributed by atoms with van der Waals surface area (Å²) in [6.07, 6.45) is 0.938. The van der Waals surface area contributed by atoms with Crippen LogP contribution in [0, 0.1) is 11.7 Å². The smallest absolute Gasteiger partial charge is 0.317 e. The van der Waals surface area contributed by atoms with Crippen LogP contribution >= 0.6 is 0 Å². The number of hydrogen-bond acceptors (Lipinski definition) is 2. The van der Waals surface area contributed by atoms with Gasteiger partial charge in [0.1, 0.15) is 5.82 Å². The Morgan fingerprint density at radius 1 is 1.16 bits per heavy atom. The molecule has 2 N–H and O–H groups in total.